The number of fused-ring (bicyclic) bond motifs is 5. The Hall–Kier alpha value is -3.21. The summed E-state index contributed by atoms with van der Waals surface area (Å²) in [5.74, 6) is -3.73. The third kappa shape index (κ3) is 4.05. The number of ether oxygens (including phenoxy) is 1. The lowest BCUT2D eigenvalue weighted by molar-refractivity contribution is -0.322. The summed E-state index contributed by atoms with van der Waals surface area (Å²) >= 11 is 0. The van der Waals surface area contributed by atoms with Gasteiger partial charge in [0.05, 0.1) is 5.92 Å². The number of amides is 3. The highest BCUT2D eigenvalue weighted by molar-refractivity contribution is 6.01. The fourth-order valence-electron chi connectivity index (χ4n) is 8.19. The standard InChI is InChI=1S/C33H43N5O5/c1-18(2)11-12-25-30(40)37-13-7-10-27(37)33(42)38(25)31(41)32(43-33,19(3)4)35-29(39)21-14-23-22-8-6-9-24-28(22)20(16-34-24)15-26(23)36(5)17-21/h6,8-9,14,16,18-19,21,25-27,34,42H,7,10-13,15,17H2,1-5H3,(H,35,39)/t21-,25+,26-,27+,32-,33+/m0/s1. The van der Waals surface area contributed by atoms with E-state index in [9.17, 15) is 19.5 Å². The van der Waals surface area contributed by atoms with E-state index in [1.807, 2.05) is 33.0 Å². The van der Waals surface area contributed by atoms with Crippen LogP contribution in [0, 0.1) is 17.8 Å². The fourth-order valence-corrected chi connectivity index (χ4v) is 8.19. The van der Waals surface area contributed by atoms with Crippen molar-refractivity contribution in [2.75, 3.05) is 20.1 Å². The minimum absolute atomic E-state index is 0.143. The van der Waals surface area contributed by atoms with E-state index in [4.69, 9.17) is 4.74 Å². The van der Waals surface area contributed by atoms with Crippen LogP contribution < -0.4 is 5.32 Å². The molecule has 3 saturated heterocycles. The lowest BCUT2D eigenvalue weighted by atomic mass is 9.79. The van der Waals surface area contributed by atoms with Crippen molar-refractivity contribution in [2.45, 2.75) is 89.6 Å². The number of carbonyl (C=O) groups excluding carboxylic acids is 3. The summed E-state index contributed by atoms with van der Waals surface area (Å²) < 4.78 is 6.46. The molecule has 3 amide bonds. The van der Waals surface area contributed by atoms with Gasteiger partial charge in [0, 0.05) is 42.1 Å². The van der Waals surface area contributed by atoms with Crippen molar-refractivity contribution in [2.24, 2.45) is 17.8 Å². The molecule has 5 heterocycles. The number of hydrogen-bond acceptors (Lipinski definition) is 6. The van der Waals surface area contributed by atoms with Gasteiger partial charge in [-0.2, -0.15) is 0 Å². The Morgan fingerprint density at radius 3 is 2.77 bits per heavy atom. The van der Waals surface area contributed by atoms with Gasteiger partial charge >= 0.3 is 0 Å². The highest BCUT2D eigenvalue weighted by Gasteiger charge is 2.71. The Morgan fingerprint density at radius 2 is 2.02 bits per heavy atom. The molecule has 230 valence electrons. The number of hydrogen-bond donors (Lipinski definition) is 3. The first-order valence-corrected chi connectivity index (χ1v) is 15.9. The molecule has 0 radical (unpaired) electrons. The molecule has 0 spiro atoms. The molecule has 0 unspecified atom stereocenters. The van der Waals surface area contributed by atoms with Gasteiger partial charge in [-0.25, -0.2) is 0 Å². The van der Waals surface area contributed by atoms with Crippen LogP contribution >= 0.6 is 0 Å². The molecule has 5 aliphatic rings. The third-order valence-electron chi connectivity index (χ3n) is 10.5. The second kappa shape index (κ2) is 9.90. The number of benzene rings is 1. The van der Waals surface area contributed by atoms with Crippen molar-refractivity contribution < 1.29 is 24.2 Å². The molecule has 2 aromatic rings. The molecular formula is C33H43N5O5. The first-order chi connectivity index (χ1) is 20.5. The number of carbonyl (C=O) groups is 3. The first-order valence-electron chi connectivity index (χ1n) is 15.9. The SMILES string of the molecule is CC(C)CC[C@@H]1C(=O)N2CCC[C@@H]2[C@@]2(O)O[C@@](NC(=O)[C@H]3C=C4c5cccc6[nH]cc(c56)C[C@@H]4N(C)C3)(C(C)C)C(=O)N12. The largest absolute Gasteiger partial charge is 0.361 e. The Kier molecular flexibility index (Phi) is 6.58. The van der Waals surface area contributed by atoms with Crippen LogP contribution in [0.5, 0.6) is 0 Å². The smallest absolute Gasteiger partial charge is 0.281 e. The average Bonchev–Trinajstić information content (AvgIpc) is 3.67. The monoisotopic (exact) mass is 589 g/mol. The van der Waals surface area contributed by atoms with Crippen LogP contribution in [0.15, 0.2) is 30.5 Å². The van der Waals surface area contributed by atoms with Crippen LogP contribution in [0.1, 0.15) is 64.5 Å². The number of likely N-dealkylation sites (N-methyl/N-ethyl adjacent to an activating group) is 1. The molecule has 43 heavy (non-hydrogen) atoms. The van der Waals surface area contributed by atoms with Gasteiger partial charge in [0.1, 0.15) is 12.1 Å². The zero-order valence-corrected chi connectivity index (χ0v) is 25.7. The highest BCUT2D eigenvalue weighted by Crippen LogP contribution is 2.48. The molecule has 0 bridgehead atoms. The van der Waals surface area contributed by atoms with Crippen LogP contribution in [-0.4, -0.2) is 92.4 Å². The molecule has 3 fully saturated rings. The van der Waals surface area contributed by atoms with Crippen molar-refractivity contribution >= 4 is 34.2 Å². The molecule has 0 saturated carbocycles. The number of piperazine rings is 1. The Labute approximate surface area is 252 Å². The van der Waals surface area contributed by atoms with E-state index in [0.29, 0.717) is 38.3 Å². The Morgan fingerprint density at radius 1 is 1.23 bits per heavy atom. The molecule has 6 atom stereocenters. The predicted octanol–water partition coefficient (Wildman–Crippen LogP) is 2.82. The van der Waals surface area contributed by atoms with Crippen LogP contribution in [0.2, 0.25) is 0 Å². The van der Waals surface area contributed by atoms with Crippen molar-refractivity contribution in [3.05, 3.63) is 41.6 Å². The van der Waals surface area contributed by atoms with Crippen LogP contribution in [-0.2, 0) is 25.5 Å². The predicted molar refractivity (Wildman–Crippen MR) is 161 cm³/mol. The maximum atomic E-state index is 14.5. The van der Waals surface area contributed by atoms with Crippen LogP contribution in [0.4, 0.5) is 0 Å². The third-order valence-corrected chi connectivity index (χ3v) is 10.5. The summed E-state index contributed by atoms with van der Waals surface area (Å²) in [6, 6.07) is 4.86. The summed E-state index contributed by atoms with van der Waals surface area (Å²) in [4.78, 5) is 50.9. The van der Waals surface area contributed by atoms with Gasteiger partial charge < -0.3 is 20.3 Å². The van der Waals surface area contributed by atoms with E-state index in [-0.39, 0.29) is 17.9 Å². The van der Waals surface area contributed by atoms with Gasteiger partial charge in [0.15, 0.2) is 0 Å². The maximum Gasteiger partial charge on any atom is 0.281 e. The normalized spacial score (nSPS) is 33.7. The van der Waals surface area contributed by atoms with Gasteiger partial charge in [-0.3, -0.25) is 28.9 Å². The summed E-state index contributed by atoms with van der Waals surface area (Å²) in [7, 11) is 2.04. The number of rotatable bonds is 6. The average molecular weight is 590 g/mol. The number of nitrogens with zero attached hydrogens (tertiary/aromatic N) is 3. The zero-order chi connectivity index (χ0) is 30.4. The number of aromatic nitrogens is 1. The van der Waals surface area contributed by atoms with Crippen LogP contribution in [0.3, 0.4) is 0 Å². The maximum absolute atomic E-state index is 14.5. The summed E-state index contributed by atoms with van der Waals surface area (Å²) in [5, 5.41) is 16.4. The topological polar surface area (TPSA) is 118 Å². The van der Waals surface area contributed by atoms with E-state index in [2.05, 4.69) is 47.4 Å². The minimum Gasteiger partial charge on any atom is -0.361 e. The van der Waals surface area contributed by atoms with E-state index in [0.717, 1.165) is 29.5 Å². The lowest BCUT2D eigenvalue weighted by Gasteiger charge is -2.49. The molecule has 1 aromatic heterocycles. The molecule has 3 N–H and O–H groups in total. The zero-order valence-electron chi connectivity index (χ0n) is 25.7. The lowest BCUT2D eigenvalue weighted by Crippen LogP contribution is -2.71. The second-order valence-electron chi connectivity index (χ2n) is 13.9. The van der Waals surface area contributed by atoms with Crippen LogP contribution in [0.25, 0.3) is 16.5 Å². The molecule has 4 aliphatic heterocycles. The molecule has 10 nitrogen and oxygen atoms in total. The Balaban J connectivity index is 1.23. The molecule has 1 aliphatic carbocycles. The number of H-pyrrole nitrogens is 1. The molecule has 1 aromatic carbocycles. The second-order valence-corrected chi connectivity index (χ2v) is 13.9. The van der Waals surface area contributed by atoms with Crippen molar-refractivity contribution in [3.8, 4) is 0 Å². The Bertz CT molecular complexity index is 1530. The van der Waals surface area contributed by atoms with Gasteiger partial charge in [-0.15, -0.1) is 0 Å². The van der Waals surface area contributed by atoms with E-state index < -0.39 is 41.5 Å². The minimum atomic E-state index is -2.00. The van der Waals surface area contributed by atoms with E-state index >= 15 is 0 Å². The van der Waals surface area contributed by atoms with E-state index in [1.165, 1.54) is 15.8 Å². The summed E-state index contributed by atoms with van der Waals surface area (Å²) in [5.41, 5.74) is 2.80. The molecule has 10 heteroatoms. The van der Waals surface area contributed by atoms with Gasteiger partial charge in [-0.05, 0) is 67.8 Å². The fraction of sp³-hybridized carbons (Fsp3) is 0.606. The first kappa shape index (κ1) is 28.6. The van der Waals surface area contributed by atoms with Crippen molar-refractivity contribution in [3.63, 3.8) is 0 Å². The highest BCUT2D eigenvalue weighted by atomic mass is 16.7. The van der Waals surface area contributed by atoms with Crippen molar-refractivity contribution in [1.82, 2.24) is 25.0 Å². The number of aromatic amines is 1. The molecular weight excluding hydrogens is 546 g/mol. The number of nitrogens with one attached hydrogen (secondary N) is 2. The van der Waals surface area contributed by atoms with E-state index in [1.54, 1.807) is 4.90 Å². The quantitative estimate of drug-likeness (QED) is 0.477. The van der Waals surface area contributed by atoms with Gasteiger partial charge in [0.2, 0.25) is 17.5 Å². The van der Waals surface area contributed by atoms with Crippen molar-refractivity contribution in [1.29, 1.82) is 0 Å². The summed E-state index contributed by atoms with van der Waals surface area (Å²) in [6.45, 7) is 8.78. The molecule has 7 rings (SSSR count). The van der Waals surface area contributed by atoms with Gasteiger partial charge in [-0.1, -0.05) is 45.9 Å². The van der Waals surface area contributed by atoms with Gasteiger partial charge in [0.25, 0.3) is 11.8 Å². The number of aliphatic hydroxyl groups is 1. The summed E-state index contributed by atoms with van der Waals surface area (Å²) in [6.07, 6.45) is 7.38.